The van der Waals surface area contributed by atoms with Gasteiger partial charge in [-0.3, -0.25) is 10.1 Å². The highest BCUT2D eigenvalue weighted by Gasteiger charge is 2.25. The summed E-state index contributed by atoms with van der Waals surface area (Å²) < 4.78 is 31.4. The van der Waals surface area contributed by atoms with Crippen LogP contribution in [0, 0.1) is 11.6 Å². The molecule has 1 amide bonds. The maximum atomic E-state index is 13.6. The highest BCUT2D eigenvalue weighted by molar-refractivity contribution is 9.10. The number of halogens is 3. The Morgan fingerprint density at radius 1 is 1.43 bits per heavy atom. The van der Waals surface area contributed by atoms with Crippen molar-refractivity contribution in [2.75, 3.05) is 7.11 Å². The summed E-state index contributed by atoms with van der Waals surface area (Å²) >= 11 is 3.93. The lowest BCUT2D eigenvalue weighted by atomic mass is 10.2. The van der Waals surface area contributed by atoms with Gasteiger partial charge >= 0.3 is 5.97 Å². The topological polar surface area (TPSA) is 80.1 Å². The molecule has 0 atom stereocenters. The molecule has 0 radical (unpaired) electrons. The molecule has 1 fully saturated rings. The van der Waals surface area contributed by atoms with Crippen molar-refractivity contribution in [1.82, 2.24) is 5.32 Å². The summed E-state index contributed by atoms with van der Waals surface area (Å²) in [7, 11) is 1.18. The van der Waals surface area contributed by atoms with Crippen molar-refractivity contribution in [3.8, 4) is 0 Å². The summed E-state index contributed by atoms with van der Waals surface area (Å²) in [6.07, 6.45) is 2.01. The Morgan fingerprint density at radius 2 is 2.17 bits per heavy atom. The molecule has 0 bridgehead atoms. The fraction of sp³-hybridized carbons (Fsp3) is 0.0769. The van der Waals surface area contributed by atoms with Crippen LogP contribution in [-0.4, -0.2) is 30.4 Å². The number of amides is 1. The van der Waals surface area contributed by atoms with Crippen LogP contribution < -0.4 is 5.32 Å². The number of carbonyl (C=O) groups is 2. The van der Waals surface area contributed by atoms with Gasteiger partial charge in [-0.25, -0.2) is 13.6 Å². The largest absolute Gasteiger partial charge is 0.466 e. The van der Waals surface area contributed by atoms with E-state index in [0.29, 0.717) is 4.47 Å². The van der Waals surface area contributed by atoms with Gasteiger partial charge < -0.3 is 4.74 Å². The summed E-state index contributed by atoms with van der Waals surface area (Å²) in [6.45, 7) is 0. The number of carbonyl (C=O) groups excluding carboxylic acids is 2. The first kappa shape index (κ1) is 17.3. The minimum absolute atomic E-state index is 0.0870. The molecule has 120 valence electrons. The molecule has 0 aliphatic carbocycles. The summed E-state index contributed by atoms with van der Waals surface area (Å²) in [5.74, 6) is -3.31. The summed E-state index contributed by atoms with van der Waals surface area (Å²) in [5.41, 5.74) is -0.117. The van der Waals surface area contributed by atoms with Crippen molar-refractivity contribution in [2.24, 2.45) is 10.2 Å². The molecule has 1 saturated heterocycles. The lowest BCUT2D eigenvalue weighted by molar-refractivity contribution is -0.135. The van der Waals surface area contributed by atoms with E-state index in [9.17, 15) is 18.4 Å². The third kappa shape index (κ3) is 4.23. The van der Waals surface area contributed by atoms with E-state index in [2.05, 4.69) is 36.2 Å². The fourth-order valence-electron chi connectivity index (χ4n) is 1.44. The number of nitrogens with one attached hydrogen (secondary N) is 1. The van der Waals surface area contributed by atoms with Crippen molar-refractivity contribution in [3.05, 3.63) is 44.8 Å². The number of esters is 1. The zero-order valence-corrected chi connectivity index (χ0v) is 13.9. The standard InChI is InChI=1S/C13H8BrF2N3O3S/c1-22-10(20)4-9-12(21)18-13(23-9)19-17-5-6-7(14)2-3-8(15)11(6)16/h2-5H,1H3,(H,18,19,21)/b9-4+,17-5?. The second-order valence-corrected chi connectivity index (χ2v) is 5.88. The van der Waals surface area contributed by atoms with Crippen LogP contribution in [0.2, 0.25) is 0 Å². The average molecular weight is 404 g/mol. The highest BCUT2D eigenvalue weighted by atomic mass is 79.9. The fourth-order valence-corrected chi connectivity index (χ4v) is 2.59. The molecule has 1 aromatic carbocycles. The zero-order chi connectivity index (χ0) is 17.0. The third-order valence-corrected chi connectivity index (χ3v) is 4.11. The lowest BCUT2D eigenvalue weighted by Gasteiger charge is -2.00. The van der Waals surface area contributed by atoms with Crippen LogP contribution in [-0.2, 0) is 14.3 Å². The first-order valence-electron chi connectivity index (χ1n) is 5.95. The van der Waals surface area contributed by atoms with E-state index in [4.69, 9.17) is 0 Å². The smallest absolute Gasteiger partial charge is 0.331 e. The molecule has 0 spiro atoms. The molecule has 0 unspecified atom stereocenters. The van der Waals surface area contributed by atoms with E-state index in [1.54, 1.807) is 0 Å². The van der Waals surface area contributed by atoms with Crippen LogP contribution in [0.15, 0.2) is 37.8 Å². The van der Waals surface area contributed by atoms with Gasteiger partial charge in [0.2, 0.25) is 0 Å². The molecular weight excluding hydrogens is 396 g/mol. The Hall–Kier alpha value is -2.07. The number of thioether (sulfide) groups is 1. The summed E-state index contributed by atoms with van der Waals surface area (Å²) in [6, 6.07) is 2.30. The van der Waals surface area contributed by atoms with Gasteiger partial charge in [0.15, 0.2) is 16.8 Å². The average Bonchev–Trinajstić information content (AvgIpc) is 2.86. The lowest BCUT2D eigenvalue weighted by Crippen LogP contribution is -2.19. The molecule has 10 heteroatoms. The summed E-state index contributed by atoms with van der Waals surface area (Å²) in [5, 5.41) is 9.74. The Labute approximate surface area is 141 Å². The Bertz CT molecular complexity index is 765. The molecule has 6 nitrogen and oxygen atoms in total. The van der Waals surface area contributed by atoms with Crippen molar-refractivity contribution >= 4 is 51.0 Å². The van der Waals surface area contributed by atoms with Gasteiger partial charge in [0, 0.05) is 16.1 Å². The van der Waals surface area contributed by atoms with E-state index in [0.717, 1.165) is 30.1 Å². The van der Waals surface area contributed by atoms with Gasteiger partial charge in [-0.05, 0) is 23.9 Å². The van der Waals surface area contributed by atoms with Crippen molar-refractivity contribution in [2.45, 2.75) is 0 Å². The first-order valence-corrected chi connectivity index (χ1v) is 7.56. The number of ether oxygens (including phenoxy) is 1. The van der Waals surface area contributed by atoms with Gasteiger partial charge in [-0.15, -0.1) is 5.10 Å². The SMILES string of the molecule is COC(=O)/C=C1/S/C(=N\N=Cc2c(Br)ccc(F)c2F)NC1=O. The number of hydrogen-bond donors (Lipinski definition) is 1. The van der Waals surface area contributed by atoms with Crippen LogP contribution >= 0.6 is 27.7 Å². The van der Waals surface area contributed by atoms with Crippen LogP contribution in [0.4, 0.5) is 8.78 Å². The van der Waals surface area contributed by atoms with Gasteiger partial charge in [0.25, 0.3) is 5.91 Å². The number of nitrogens with zero attached hydrogens (tertiary/aromatic N) is 2. The third-order valence-electron chi connectivity index (χ3n) is 2.52. The quantitative estimate of drug-likeness (QED) is 0.276. The maximum Gasteiger partial charge on any atom is 0.331 e. The van der Waals surface area contributed by atoms with Gasteiger partial charge in [0.1, 0.15) is 0 Å². The van der Waals surface area contributed by atoms with E-state index >= 15 is 0 Å². The first-order chi connectivity index (χ1) is 10.9. The second kappa shape index (κ2) is 7.47. The van der Waals surface area contributed by atoms with Crippen LogP contribution in [0.3, 0.4) is 0 Å². The predicted molar refractivity (Wildman–Crippen MR) is 84.9 cm³/mol. The molecule has 0 saturated carbocycles. The van der Waals surface area contributed by atoms with Crippen molar-refractivity contribution in [1.29, 1.82) is 0 Å². The molecule has 2 rings (SSSR count). The number of hydrogen-bond acceptors (Lipinski definition) is 6. The van der Waals surface area contributed by atoms with E-state index in [1.165, 1.54) is 13.2 Å². The van der Waals surface area contributed by atoms with Crippen LogP contribution in [0.5, 0.6) is 0 Å². The molecular formula is C13H8BrF2N3O3S. The Morgan fingerprint density at radius 3 is 2.87 bits per heavy atom. The number of methoxy groups -OCH3 is 1. The van der Waals surface area contributed by atoms with Crippen molar-refractivity contribution < 1.29 is 23.1 Å². The molecule has 23 heavy (non-hydrogen) atoms. The normalized spacial score (nSPS) is 18.0. The minimum atomic E-state index is -1.07. The molecule has 0 aromatic heterocycles. The monoisotopic (exact) mass is 403 g/mol. The minimum Gasteiger partial charge on any atom is -0.466 e. The highest BCUT2D eigenvalue weighted by Crippen LogP contribution is 2.24. The second-order valence-electron chi connectivity index (χ2n) is 3.99. The zero-order valence-electron chi connectivity index (χ0n) is 11.5. The number of rotatable bonds is 3. The van der Waals surface area contributed by atoms with Gasteiger partial charge in [0.05, 0.1) is 18.2 Å². The molecule has 1 aromatic rings. The van der Waals surface area contributed by atoms with Crippen LogP contribution in [0.1, 0.15) is 5.56 Å². The molecule has 1 aliphatic heterocycles. The van der Waals surface area contributed by atoms with E-state index < -0.39 is 23.5 Å². The van der Waals surface area contributed by atoms with E-state index in [-0.39, 0.29) is 15.6 Å². The van der Waals surface area contributed by atoms with E-state index in [1.807, 2.05) is 0 Å². The molecule has 1 N–H and O–H groups in total. The number of benzene rings is 1. The predicted octanol–water partition coefficient (Wildman–Crippen LogP) is 2.34. The number of amidine groups is 1. The van der Waals surface area contributed by atoms with Gasteiger partial charge in [-0.2, -0.15) is 5.10 Å². The maximum absolute atomic E-state index is 13.6. The van der Waals surface area contributed by atoms with Crippen molar-refractivity contribution in [3.63, 3.8) is 0 Å². The van der Waals surface area contributed by atoms with Crippen LogP contribution in [0.25, 0.3) is 0 Å². The summed E-state index contributed by atoms with van der Waals surface area (Å²) in [4.78, 5) is 22.7. The molecule has 1 heterocycles. The Balaban J connectivity index is 2.16. The Kier molecular flexibility index (Phi) is 5.61. The van der Waals surface area contributed by atoms with Gasteiger partial charge in [-0.1, -0.05) is 15.9 Å². The molecule has 1 aliphatic rings.